The fourth-order valence-electron chi connectivity index (χ4n) is 4.47. The molecule has 2 aromatic rings. The summed E-state index contributed by atoms with van der Waals surface area (Å²) in [6, 6.07) is 11.7. The molecule has 0 spiro atoms. The standard InChI is InChI=1S/C27H34F3N3O/c1-4-15-32-16-14-24-21(9-7-10-22(24)19-32)12-13-26(34)33(18-17-31(2)3)20-23-8-5-6-11-25(23)27(28,29)30/h4-11H,1,12-20H2,2-3H3. The van der Waals surface area contributed by atoms with Crippen LogP contribution in [-0.4, -0.2) is 60.9 Å². The lowest BCUT2D eigenvalue weighted by Gasteiger charge is -2.29. The Labute approximate surface area is 200 Å². The Morgan fingerprint density at radius 2 is 1.82 bits per heavy atom. The minimum atomic E-state index is -4.45. The van der Waals surface area contributed by atoms with Crippen molar-refractivity contribution in [1.29, 1.82) is 0 Å². The van der Waals surface area contributed by atoms with Gasteiger partial charge in [-0.3, -0.25) is 9.69 Å². The number of rotatable bonds is 10. The monoisotopic (exact) mass is 473 g/mol. The van der Waals surface area contributed by atoms with Gasteiger partial charge in [0.1, 0.15) is 0 Å². The van der Waals surface area contributed by atoms with Crippen molar-refractivity contribution in [3.63, 3.8) is 0 Å². The lowest BCUT2D eigenvalue weighted by atomic mass is 9.92. The third kappa shape index (κ3) is 6.93. The van der Waals surface area contributed by atoms with Crippen LogP contribution in [0.4, 0.5) is 13.2 Å². The maximum Gasteiger partial charge on any atom is 0.416 e. The summed E-state index contributed by atoms with van der Waals surface area (Å²) < 4.78 is 40.5. The fourth-order valence-corrected chi connectivity index (χ4v) is 4.47. The Hall–Kier alpha value is -2.64. The zero-order chi connectivity index (χ0) is 24.7. The third-order valence-corrected chi connectivity index (χ3v) is 6.29. The van der Waals surface area contributed by atoms with E-state index >= 15 is 0 Å². The van der Waals surface area contributed by atoms with Crippen LogP contribution in [0.1, 0.15) is 34.2 Å². The molecule has 0 unspecified atom stereocenters. The van der Waals surface area contributed by atoms with E-state index in [2.05, 4.69) is 23.6 Å². The summed E-state index contributed by atoms with van der Waals surface area (Å²) in [6.45, 7) is 7.40. The van der Waals surface area contributed by atoms with Gasteiger partial charge in [0.2, 0.25) is 5.91 Å². The van der Waals surface area contributed by atoms with Gasteiger partial charge in [0.05, 0.1) is 5.56 Å². The first kappa shape index (κ1) is 26.0. The van der Waals surface area contributed by atoms with Gasteiger partial charge in [0.25, 0.3) is 0 Å². The van der Waals surface area contributed by atoms with Crippen LogP contribution in [0.2, 0.25) is 0 Å². The molecular formula is C27H34F3N3O. The van der Waals surface area contributed by atoms with Crippen LogP contribution >= 0.6 is 0 Å². The summed E-state index contributed by atoms with van der Waals surface area (Å²) in [6.07, 6.45) is -0.754. The molecule has 1 aliphatic heterocycles. The topological polar surface area (TPSA) is 26.8 Å². The maximum atomic E-state index is 13.5. The molecule has 3 rings (SSSR count). The smallest absolute Gasteiger partial charge is 0.337 e. The second-order valence-corrected chi connectivity index (χ2v) is 9.10. The van der Waals surface area contributed by atoms with Crippen molar-refractivity contribution in [1.82, 2.24) is 14.7 Å². The van der Waals surface area contributed by atoms with Gasteiger partial charge in [-0.2, -0.15) is 13.2 Å². The Kier molecular flexibility index (Phi) is 8.91. The fraction of sp³-hybridized carbons (Fsp3) is 0.444. The number of benzene rings is 2. The molecule has 1 heterocycles. The van der Waals surface area contributed by atoms with E-state index in [4.69, 9.17) is 0 Å². The molecule has 184 valence electrons. The van der Waals surface area contributed by atoms with E-state index in [0.717, 1.165) is 37.7 Å². The molecule has 0 aliphatic carbocycles. The quantitative estimate of drug-likeness (QED) is 0.465. The van der Waals surface area contributed by atoms with Crippen molar-refractivity contribution in [2.45, 2.75) is 38.5 Å². The minimum Gasteiger partial charge on any atom is -0.337 e. The van der Waals surface area contributed by atoms with Crippen molar-refractivity contribution in [3.8, 4) is 0 Å². The first-order valence-electron chi connectivity index (χ1n) is 11.7. The zero-order valence-corrected chi connectivity index (χ0v) is 20.1. The Morgan fingerprint density at radius 3 is 2.53 bits per heavy atom. The molecule has 0 saturated heterocycles. The SMILES string of the molecule is C=CCN1CCc2c(CCC(=O)N(CCN(C)C)Cc3ccccc3C(F)(F)F)cccc2C1. The van der Waals surface area contributed by atoms with E-state index in [1.807, 2.05) is 31.1 Å². The summed E-state index contributed by atoms with van der Waals surface area (Å²) in [5.74, 6) is -0.125. The van der Waals surface area contributed by atoms with E-state index in [9.17, 15) is 18.0 Å². The Bertz CT molecular complexity index is 987. The highest BCUT2D eigenvalue weighted by atomic mass is 19.4. The first-order valence-corrected chi connectivity index (χ1v) is 11.7. The average Bonchev–Trinajstić information content (AvgIpc) is 2.79. The molecule has 1 aliphatic rings. The molecule has 0 fully saturated rings. The normalized spacial score (nSPS) is 14.2. The highest BCUT2D eigenvalue weighted by Crippen LogP contribution is 2.32. The van der Waals surface area contributed by atoms with E-state index in [-0.39, 0.29) is 24.4 Å². The largest absolute Gasteiger partial charge is 0.416 e. The number of amides is 1. The van der Waals surface area contributed by atoms with Crippen LogP contribution in [-0.2, 0) is 36.9 Å². The number of likely N-dealkylation sites (N-methyl/N-ethyl adjacent to an activating group) is 1. The van der Waals surface area contributed by atoms with Gasteiger partial charge in [0, 0.05) is 45.7 Å². The van der Waals surface area contributed by atoms with E-state index in [1.165, 1.54) is 23.3 Å². The first-order chi connectivity index (χ1) is 16.2. The second-order valence-electron chi connectivity index (χ2n) is 9.10. The van der Waals surface area contributed by atoms with Crippen molar-refractivity contribution >= 4 is 5.91 Å². The summed E-state index contributed by atoms with van der Waals surface area (Å²) in [5, 5.41) is 0. The molecule has 0 saturated carbocycles. The number of nitrogens with zero attached hydrogens (tertiary/aromatic N) is 3. The van der Waals surface area contributed by atoms with E-state index in [0.29, 0.717) is 19.5 Å². The molecule has 0 radical (unpaired) electrons. The number of fused-ring (bicyclic) bond motifs is 1. The van der Waals surface area contributed by atoms with Gasteiger partial charge in [-0.1, -0.05) is 42.5 Å². The van der Waals surface area contributed by atoms with Crippen LogP contribution in [0.15, 0.2) is 55.1 Å². The number of alkyl halides is 3. The van der Waals surface area contributed by atoms with Crippen LogP contribution in [0.5, 0.6) is 0 Å². The van der Waals surface area contributed by atoms with Crippen molar-refractivity contribution in [3.05, 3.63) is 82.9 Å². The van der Waals surface area contributed by atoms with Crippen molar-refractivity contribution in [2.75, 3.05) is 40.3 Å². The number of hydrogen-bond acceptors (Lipinski definition) is 3. The molecule has 2 aromatic carbocycles. The lowest BCUT2D eigenvalue weighted by molar-refractivity contribution is -0.140. The zero-order valence-electron chi connectivity index (χ0n) is 20.1. The molecule has 1 amide bonds. The highest BCUT2D eigenvalue weighted by molar-refractivity contribution is 5.76. The number of carbonyl (C=O) groups excluding carboxylic acids is 1. The average molecular weight is 474 g/mol. The van der Waals surface area contributed by atoms with Crippen LogP contribution in [0.3, 0.4) is 0 Å². The number of carbonyl (C=O) groups is 1. The maximum absolute atomic E-state index is 13.5. The second kappa shape index (κ2) is 11.7. The molecular weight excluding hydrogens is 439 g/mol. The van der Waals surface area contributed by atoms with Gasteiger partial charge in [-0.25, -0.2) is 0 Å². The molecule has 34 heavy (non-hydrogen) atoms. The number of halogens is 3. The highest BCUT2D eigenvalue weighted by Gasteiger charge is 2.33. The van der Waals surface area contributed by atoms with E-state index < -0.39 is 11.7 Å². The molecule has 0 aromatic heterocycles. The van der Waals surface area contributed by atoms with Gasteiger partial charge >= 0.3 is 6.18 Å². The minimum absolute atomic E-state index is 0.0498. The van der Waals surface area contributed by atoms with Gasteiger partial charge in [-0.05, 0) is 55.3 Å². The molecule has 4 nitrogen and oxygen atoms in total. The predicted molar refractivity (Wildman–Crippen MR) is 129 cm³/mol. The summed E-state index contributed by atoms with van der Waals surface area (Å²) in [4.78, 5) is 19.0. The Morgan fingerprint density at radius 1 is 1.09 bits per heavy atom. The predicted octanol–water partition coefficient (Wildman–Crippen LogP) is 4.77. The van der Waals surface area contributed by atoms with Crippen LogP contribution in [0.25, 0.3) is 0 Å². The van der Waals surface area contributed by atoms with Gasteiger partial charge in [0.15, 0.2) is 0 Å². The van der Waals surface area contributed by atoms with Crippen molar-refractivity contribution in [2.24, 2.45) is 0 Å². The van der Waals surface area contributed by atoms with Crippen LogP contribution < -0.4 is 0 Å². The van der Waals surface area contributed by atoms with Gasteiger partial charge in [-0.15, -0.1) is 6.58 Å². The molecule has 0 N–H and O–H groups in total. The van der Waals surface area contributed by atoms with Crippen molar-refractivity contribution < 1.29 is 18.0 Å². The van der Waals surface area contributed by atoms with Gasteiger partial charge < -0.3 is 9.80 Å². The Balaban J connectivity index is 1.73. The molecule has 0 bridgehead atoms. The molecule has 0 atom stereocenters. The number of aryl methyl sites for hydroxylation is 1. The van der Waals surface area contributed by atoms with Crippen LogP contribution in [0, 0.1) is 0 Å². The third-order valence-electron chi connectivity index (χ3n) is 6.29. The lowest BCUT2D eigenvalue weighted by Crippen LogP contribution is -2.37. The summed E-state index contributed by atoms with van der Waals surface area (Å²) in [5.41, 5.74) is 3.19. The summed E-state index contributed by atoms with van der Waals surface area (Å²) >= 11 is 0. The summed E-state index contributed by atoms with van der Waals surface area (Å²) in [7, 11) is 3.77. The number of hydrogen-bond donors (Lipinski definition) is 0. The van der Waals surface area contributed by atoms with E-state index in [1.54, 1.807) is 11.0 Å². The molecule has 7 heteroatoms.